The van der Waals surface area contributed by atoms with Crippen LogP contribution in [-0.2, 0) is 16.0 Å². The quantitative estimate of drug-likeness (QED) is 0.702. The van der Waals surface area contributed by atoms with Gasteiger partial charge < -0.3 is 15.0 Å². The van der Waals surface area contributed by atoms with Gasteiger partial charge in [-0.25, -0.2) is 4.98 Å². The molecule has 0 saturated heterocycles. The van der Waals surface area contributed by atoms with E-state index in [1.54, 1.807) is 6.92 Å². The van der Waals surface area contributed by atoms with Crippen molar-refractivity contribution in [3.05, 3.63) is 66.0 Å². The lowest BCUT2D eigenvalue weighted by Crippen LogP contribution is -2.35. The average Bonchev–Trinajstić information content (AvgIpc) is 2.99. The zero-order valence-electron chi connectivity index (χ0n) is 14.6. The maximum Gasteiger partial charge on any atom is 0.323 e. The summed E-state index contributed by atoms with van der Waals surface area (Å²) < 4.78 is 7.19. The van der Waals surface area contributed by atoms with Crippen LogP contribution in [0.4, 0.5) is 0 Å². The maximum absolute atomic E-state index is 11.9. The summed E-state index contributed by atoms with van der Waals surface area (Å²) in [6.45, 7) is 4.23. The Morgan fingerprint density at radius 2 is 1.84 bits per heavy atom. The van der Waals surface area contributed by atoms with Gasteiger partial charge in [0.15, 0.2) is 0 Å². The van der Waals surface area contributed by atoms with E-state index in [-0.39, 0.29) is 6.04 Å². The minimum absolute atomic E-state index is 0.0815. The third kappa shape index (κ3) is 3.56. The molecule has 5 heteroatoms. The number of esters is 1. The van der Waals surface area contributed by atoms with Gasteiger partial charge >= 0.3 is 5.97 Å². The van der Waals surface area contributed by atoms with Crippen LogP contribution in [0.2, 0.25) is 0 Å². The lowest BCUT2D eigenvalue weighted by atomic mass is 10.1. The van der Waals surface area contributed by atoms with Gasteiger partial charge in [0.2, 0.25) is 0 Å². The third-order valence-corrected chi connectivity index (χ3v) is 4.33. The predicted molar refractivity (Wildman–Crippen MR) is 98.3 cm³/mol. The molecule has 0 aliphatic heterocycles. The predicted octanol–water partition coefficient (Wildman–Crippen LogP) is 3.08. The van der Waals surface area contributed by atoms with E-state index < -0.39 is 12.0 Å². The van der Waals surface area contributed by atoms with Crippen LogP contribution in [0.3, 0.4) is 0 Å². The first-order valence-corrected chi connectivity index (χ1v) is 8.54. The highest BCUT2D eigenvalue weighted by molar-refractivity contribution is 5.78. The van der Waals surface area contributed by atoms with E-state index in [1.165, 1.54) is 5.56 Å². The monoisotopic (exact) mass is 337 g/mol. The Morgan fingerprint density at radius 1 is 1.16 bits per heavy atom. The summed E-state index contributed by atoms with van der Waals surface area (Å²) in [6.07, 6.45) is 0.338. The molecule has 1 aromatic heterocycles. The molecule has 2 atom stereocenters. The molecule has 3 rings (SSSR count). The summed E-state index contributed by atoms with van der Waals surface area (Å²) in [6, 6.07) is 17.6. The molecule has 0 aliphatic rings. The number of carbonyl (C=O) groups is 1. The Bertz CT molecular complexity index is 858. The molecule has 0 amide bonds. The minimum atomic E-state index is -0.724. The number of para-hydroxylation sites is 2. The number of nitrogens with two attached hydrogens (primary N) is 1. The van der Waals surface area contributed by atoms with Crippen LogP contribution < -0.4 is 5.73 Å². The maximum atomic E-state index is 11.9. The van der Waals surface area contributed by atoms with Gasteiger partial charge in [-0.15, -0.1) is 0 Å². The molecule has 1 heterocycles. The molecule has 0 radical (unpaired) electrons. The Balaban J connectivity index is 2.02. The van der Waals surface area contributed by atoms with E-state index >= 15 is 0 Å². The standard InChI is InChI=1S/C20H23N3O2/c1-3-25-20(24)16(21)13-19-22-17-11-7-8-12-18(17)23(19)14(2)15-9-5-4-6-10-15/h4-12,14,16H,3,13,21H2,1-2H3. The molecule has 2 unspecified atom stereocenters. The first-order valence-electron chi connectivity index (χ1n) is 8.54. The number of imidazole rings is 1. The lowest BCUT2D eigenvalue weighted by Gasteiger charge is -2.19. The van der Waals surface area contributed by atoms with Gasteiger partial charge in [-0.2, -0.15) is 0 Å². The van der Waals surface area contributed by atoms with Gasteiger partial charge in [0.1, 0.15) is 11.9 Å². The molecule has 0 fully saturated rings. The van der Waals surface area contributed by atoms with Gasteiger partial charge in [0, 0.05) is 6.42 Å². The fourth-order valence-electron chi connectivity index (χ4n) is 3.08. The molecule has 130 valence electrons. The fraction of sp³-hybridized carbons (Fsp3) is 0.300. The number of hydrogen-bond acceptors (Lipinski definition) is 4. The van der Waals surface area contributed by atoms with Crippen molar-refractivity contribution in [1.29, 1.82) is 0 Å². The number of fused-ring (bicyclic) bond motifs is 1. The molecule has 0 spiro atoms. The number of rotatable bonds is 6. The summed E-state index contributed by atoms with van der Waals surface area (Å²) in [5.41, 5.74) is 9.15. The normalized spacial score (nSPS) is 13.6. The molecule has 0 aliphatic carbocycles. The summed E-state index contributed by atoms with van der Waals surface area (Å²) in [5, 5.41) is 0. The lowest BCUT2D eigenvalue weighted by molar-refractivity contribution is -0.144. The van der Waals surface area contributed by atoms with Gasteiger partial charge in [0.05, 0.1) is 23.7 Å². The summed E-state index contributed by atoms with van der Waals surface area (Å²) in [4.78, 5) is 16.6. The highest BCUT2D eigenvalue weighted by atomic mass is 16.5. The highest BCUT2D eigenvalue weighted by Gasteiger charge is 2.22. The molecule has 2 N–H and O–H groups in total. The minimum Gasteiger partial charge on any atom is -0.465 e. The van der Waals surface area contributed by atoms with Crippen molar-refractivity contribution in [2.45, 2.75) is 32.4 Å². The molecule has 3 aromatic rings. The van der Waals surface area contributed by atoms with Crippen molar-refractivity contribution < 1.29 is 9.53 Å². The molecular weight excluding hydrogens is 314 g/mol. The number of carbonyl (C=O) groups excluding carboxylic acids is 1. The van der Waals surface area contributed by atoms with Crippen LogP contribution in [-0.4, -0.2) is 28.2 Å². The largest absolute Gasteiger partial charge is 0.465 e. The molecule has 5 nitrogen and oxygen atoms in total. The van der Waals surface area contributed by atoms with Crippen LogP contribution in [0.1, 0.15) is 31.3 Å². The average molecular weight is 337 g/mol. The van der Waals surface area contributed by atoms with Crippen LogP contribution in [0.15, 0.2) is 54.6 Å². The summed E-state index contributed by atoms with van der Waals surface area (Å²) in [7, 11) is 0. The van der Waals surface area contributed by atoms with Crippen LogP contribution in [0, 0.1) is 0 Å². The van der Waals surface area contributed by atoms with E-state index in [4.69, 9.17) is 15.5 Å². The van der Waals surface area contributed by atoms with Gasteiger partial charge in [-0.3, -0.25) is 4.79 Å². The first kappa shape index (κ1) is 17.2. The molecule has 0 bridgehead atoms. The van der Waals surface area contributed by atoms with Crippen molar-refractivity contribution in [2.24, 2.45) is 5.73 Å². The van der Waals surface area contributed by atoms with Crippen molar-refractivity contribution >= 4 is 17.0 Å². The Kier molecular flexibility index (Phi) is 5.14. The highest BCUT2D eigenvalue weighted by Crippen LogP contribution is 2.26. The van der Waals surface area contributed by atoms with Crippen molar-refractivity contribution in [3.8, 4) is 0 Å². The van der Waals surface area contributed by atoms with E-state index in [1.807, 2.05) is 42.5 Å². The fourth-order valence-corrected chi connectivity index (χ4v) is 3.08. The molecule has 25 heavy (non-hydrogen) atoms. The van der Waals surface area contributed by atoms with Crippen molar-refractivity contribution in [3.63, 3.8) is 0 Å². The number of aromatic nitrogens is 2. The van der Waals surface area contributed by atoms with Crippen LogP contribution >= 0.6 is 0 Å². The van der Waals surface area contributed by atoms with Gasteiger partial charge in [-0.05, 0) is 31.5 Å². The Morgan fingerprint density at radius 3 is 2.56 bits per heavy atom. The SMILES string of the molecule is CCOC(=O)C(N)Cc1nc2ccccc2n1C(C)c1ccccc1. The third-order valence-electron chi connectivity index (χ3n) is 4.33. The topological polar surface area (TPSA) is 70.1 Å². The van der Waals surface area contributed by atoms with E-state index in [2.05, 4.69) is 23.6 Å². The molecular formula is C20H23N3O2. The number of hydrogen-bond donors (Lipinski definition) is 1. The van der Waals surface area contributed by atoms with Gasteiger partial charge in [-0.1, -0.05) is 42.5 Å². The van der Waals surface area contributed by atoms with Crippen molar-refractivity contribution in [1.82, 2.24) is 9.55 Å². The van der Waals surface area contributed by atoms with E-state index in [0.29, 0.717) is 13.0 Å². The second kappa shape index (κ2) is 7.49. The van der Waals surface area contributed by atoms with Crippen molar-refractivity contribution in [2.75, 3.05) is 6.61 Å². The second-order valence-electron chi connectivity index (χ2n) is 6.04. The van der Waals surface area contributed by atoms with E-state index in [0.717, 1.165) is 16.9 Å². The molecule has 2 aromatic carbocycles. The number of benzene rings is 2. The van der Waals surface area contributed by atoms with E-state index in [9.17, 15) is 4.79 Å². The zero-order valence-corrected chi connectivity index (χ0v) is 14.6. The molecule has 0 saturated carbocycles. The van der Waals surface area contributed by atoms with Gasteiger partial charge in [0.25, 0.3) is 0 Å². The first-order chi connectivity index (χ1) is 12.1. The van der Waals surface area contributed by atoms with Crippen LogP contribution in [0.25, 0.3) is 11.0 Å². The summed E-state index contributed by atoms with van der Waals surface area (Å²) in [5.74, 6) is 0.395. The summed E-state index contributed by atoms with van der Waals surface area (Å²) >= 11 is 0. The Hall–Kier alpha value is -2.66. The Labute approximate surface area is 147 Å². The van der Waals surface area contributed by atoms with Crippen LogP contribution in [0.5, 0.6) is 0 Å². The zero-order chi connectivity index (χ0) is 17.8. The number of nitrogens with zero attached hydrogens (tertiary/aromatic N) is 2. The smallest absolute Gasteiger partial charge is 0.323 e. The number of ether oxygens (including phenoxy) is 1. The second-order valence-corrected chi connectivity index (χ2v) is 6.04.